The minimum absolute atomic E-state index is 0.0506. The first-order valence-electron chi connectivity index (χ1n) is 7.64. The van der Waals surface area contributed by atoms with Gasteiger partial charge in [-0.25, -0.2) is 0 Å². The molecule has 1 amide bonds. The van der Waals surface area contributed by atoms with Gasteiger partial charge < -0.3 is 4.90 Å². The number of amides is 1. The molecule has 1 aliphatic carbocycles. The lowest BCUT2D eigenvalue weighted by molar-refractivity contribution is -0.137. The molecule has 0 saturated carbocycles. The SMILES string of the molecule is CCC1CCCCN1C(=O)C1CCCc2[nH]ncc21. The Bertz CT molecular complexity index is 454. The fourth-order valence-electron chi connectivity index (χ4n) is 3.63. The van der Waals surface area contributed by atoms with Crippen molar-refractivity contribution < 1.29 is 4.79 Å². The van der Waals surface area contributed by atoms with Crippen LogP contribution >= 0.6 is 0 Å². The number of fused-ring (bicyclic) bond motifs is 1. The van der Waals surface area contributed by atoms with Crippen LogP contribution in [0.3, 0.4) is 0 Å². The molecular formula is C15H23N3O. The maximum Gasteiger partial charge on any atom is 0.230 e. The van der Waals surface area contributed by atoms with Crippen LogP contribution < -0.4 is 0 Å². The molecular weight excluding hydrogens is 238 g/mol. The summed E-state index contributed by atoms with van der Waals surface area (Å²) >= 11 is 0. The van der Waals surface area contributed by atoms with Crippen molar-refractivity contribution in [1.82, 2.24) is 15.1 Å². The minimum Gasteiger partial charge on any atom is -0.339 e. The van der Waals surface area contributed by atoms with E-state index in [4.69, 9.17) is 0 Å². The zero-order valence-corrected chi connectivity index (χ0v) is 11.7. The Labute approximate surface area is 114 Å². The molecule has 2 aliphatic rings. The lowest BCUT2D eigenvalue weighted by Gasteiger charge is -2.38. The van der Waals surface area contributed by atoms with Gasteiger partial charge in [0.05, 0.1) is 12.1 Å². The van der Waals surface area contributed by atoms with Gasteiger partial charge in [0.2, 0.25) is 5.91 Å². The Hall–Kier alpha value is -1.32. The molecule has 2 heterocycles. The molecule has 0 spiro atoms. The molecule has 1 fully saturated rings. The second kappa shape index (κ2) is 5.35. The monoisotopic (exact) mass is 261 g/mol. The zero-order chi connectivity index (χ0) is 13.2. The third kappa shape index (κ3) is 2.28. The van der Waals surface area contributed by atoms with Crippen LogP contribution in [0.2, 0.25) is 0 Å². The number of piperidine rings is 1. The highest BCUT2D eigenvalue weighted by Crippen LogP contribution is 2.33. The summed E-state index contributed by atoms with van der Waals surface area (Å²) in [4.78, 5) is 15.0. The summed E-state index contributed by atoms with van der Waals surface area (Å²) in [5, 5.41) is 7.17. The Balaban J connectivity index is 1.81. The quantitative estimate of drug-likeness (QED) is 0.889. The molecule has 4 nitrogen and oxygen atoms in total. The highest BCUT2D eigenvalue weighted by Gasteiger charge is 2.34. The molecule has 0 radical (unpaired) electrons. The second-order valence-electron chi connectivity index (χ2n) is 5.84. The molecule has 3 rings (SSSR count). The molecule has 1 aromatic rings. The topological polar surface area (TPSA) is 49.0 Å². The summed E-state index contributed by atoms with van der Waals surface area (Å²) in [6, 6.07) is 0.457. The van der Waals surface area contributed by atoms with Gasteiger partial charge in [0.15, 0.2) is 0 Å². The standard InChI is InChI=1S/C15H23N3O/c1-2-11-6-3-4-9-18(11)15(19)12-7-5-8-14-13(12)10-16-17-14/h10-12H,2-9H2,1H3,(H,16,17). The summed E-state index contributed by atoms with van der Waals surface area (Å²) in [6.07, 6.45) is 9.66. The lowest BCUT2D eigenvalue weighted by Crippen LogP contribution is -2.46. The van der Waals surface area contributed by atoms with Gasteiger partial charge in [-0.3, -0.25) is 9.89 Å². The van der Waals surface area contributed by atoms with Gasteiger partial charge in [-0.15, -0.1) is 0 Å². The van der Waals surface area contributed by atoms with Gasteiger partial charge in [0.25, 0.3) is 0 Å². The average Bonchev–Trinajstić information content (AvgIpc) is 2.94. The molecule has 0 bridgehead atoms. The molecule has 1 N–H and O–H groups in total. The normalized spacial score (nSPS) is 27.1. The van der Waals surface area contributed by atoms with Crippen molar-refractivity contribution in [2.45, 2.75) is 63.8 Å². The number of hydrogen-bond donors (Lipinski definition) is 1. The van der Waals surface area contributed by atoms with E-state index in [0.717, 1.165) is 44.2 Å². The third-order valence-electron chi connectivity index (χ3n) is 4.73. The second-order valence-corrected chi connectivity index (χ2v) is 5.84. The van der Waals surface area contributed by atoms with Crippen molar-refractivity contribution in [3.63, 3.8) is 0 Å². The first-order chi connectivity index (χ1) is 9.31. The Morgan fingerprint density at radius 2 is 2.32 bits per heavy atom. The number of H-pyrrole nitrogens is 1. The van der Waals surface area contributed by atoms with E-state index in [0.29, 0.717) is 11.9 Å². The van der Waals surface area contributed by atoms with Crippen molar-refractivity contribution in [2.24, 2.45) is 0 Å². The predicted octanol–water partition coefficient (Wildman–Crippen LogP) is 2.62. The van der Waals surface area contributed by atoms with Gasteiger partial charge in [0.1, 0.15) is 0 Å². The third-order valence-corrected chi connectivity index (χ3v) is 4.73. The van der Waals surface area contributed by atoms with Gasteiger partial charge in [-0.2, -0.15) is 5.10 Å². The molecule has 1 aromatic heterocycles. The molecule has 0 aromatic carbocycles. The number of nitrogens with zero attached hydrogens (tertiary/aromatic N) is 2. The number of rotatable bonds is 2. The summed E-state index contributed by atoms with van der Waals surface area (Å²) in [6.45, 7) is 3.14. The zero-order valence-electron chi connectivity index (χ0n) is 11.7. The molecule has 104 valence electrons. The Morgan fingerprint density at radius 3 is 3.16 bits per heavy atom. The lowest BCUT2D eigenvalue weighted by atomic mass is 9.85. The van der Waals surface area contributed by atoms with Crippen LogP contribution in [-0.4, -0.2) is 33.6 Å². The molecule has 4 heteroatoms. The van der Waals surface area contributed by atoms with Crippen LogP contribution in [0.4, 0.5) is 0 Å². The summed E-state index contributed by atoms with van der Waals surface area (Å²) in [5.74, 6) is 0.392. The number of aromatic amines is 1. The van der Waals surface area contributed by atoms with E-state index in [9.17, 15) is 4.79 Å². The van der Waals surface area contributed by atoms with Gasteiger partial charge in [0, 0.05) is 23.8 Å². The fourth-order valence-corrected chi connectivity index (χ4v) is 3.63. The van der Waals surface area contributed by atoms with Crippen LogP contribution in [0.25, 0.3) is 0 Å². The Kier molecular flexibility index (Phi) is 3.58. The van der Waals surface area contributed by atoms with E-state index in [1.807, 2.05) is 6.20 Å². The van der Waals surface area contributed by atoms with E-state index in [-0.39, 0.29) is 5.92 Å². The van der Waals surface area contributed by atoms with E-state index in [2.05, 4.69) is 22.0 Å². The number of carbonyl (C=O) groups is 1. The number of aromatic nitrogens is 2. The average molecular weight is 261 g/mol. The molecule has 19 heavy (non-hydrogen) atoms. The van der Waals surface area contributed by atoms with Crippen LogP contribution in [0.15, 0.2) is 6.20 Å². The van der Waals surface area contributed by atoms with Crippen LogP contribution in [0.1, 0.15) is 62.6 Å². The van der Waals surface area contributed by atoms with E-state index in [1.165, 1.54) is 18.5 Å². The van der Waals surface area contributed by atoms with Crippen LogP contribution in [0, 0.1) is 0 Å². The summed E-state index contributed by atoms with van der Waals surface area (Å²) < 4.78 is 0. The van der Waals surface area contributed by atoms with Crippen LogP contribution in [0.5, 0.6) is 0 Å². The number of likely N-dealkylation sites (tertiary alicyclic amines) is 1. The number of nitrogens with one attached hydrogen (secondary N) is 1. The Morgan fingerprint density at radius 1 is 1.42 bits per heavy atom. The van der Waals surface area contributed by atoms with Gasteiger partial charge in [-0.05, 0) is 44.9 Å². The first-order valence-corrected chi connectivity index (χ1v) is 7.64. The fraction of sp³-hybridized carbons (Fsp3) is 0.733. The van der Waals surface area contributed by atoms with Gasteiger partial charge in [-0.1, -0.05) is 6.92 Å². The molecule has 1 aliphatic heterocycles. The van der Waals surface area contributed by atoms with Crippen molar-refractivity contribution in [3.8, 4) is 0 Å². The highest BCUT2D eigenvalue weighted by atomic mass is 16.2. The highest BCUT2D eigenvalue weighted by molar-refractivity contribution is 5.84. The summed E-state index contributed by atoms with van der Waals surface area (Å²) in [7, 11) is 0. The predicted molar refractivity (Wildman–Crippen MR) is 73.9 cm³/mol. The van der Waals surface area contributed by atoms with Crippen molar-refractivity contribution in [3.05, 3.63) is 17.5 Å². The van der Waals surface area contributed by atoms with E-state index >= 15 is 0 Å². The smallest absolute Gasteiger partial charge is 0.230 e. The minimum atomic E-state index is 0.0506. The maximum absolute atomic E-state index is 12.9. The number of carbonyl (C=O) groups excluding carboxylic acids is 1. The number of aryl methyl sites for hydroxylation is 1. The number of hydrogen-bond acceptors (Lipinski definition) is 2. The van der Waals surface area contributed by atoms with Gasteiger partial charge >= 0.3 is 0 Å². The molecule has 2 unspecified atom stereocenters. The molecule has 2 atom stereocenters. The van der Waals surface area contributed by atoms with E-state index in [1.54, 1.807) is 0 Å². The van der Waals surface area contributed by atoms with Crippen LogP contribution in [-0.2, 0) is 11.2 Å². The molecule has 1 saturated heterocycles. The summed E-state index contributed by atoms with van der Waals surface area (Å²) in [5.41, 5.74) is 2.33. The first kappa shape index (κ1) is 12.7. The largest absolute Gasteiger partial charge is 0.339 e. The maximum atomic E-state index is 12.9. The van der Waals surface area contributed by atoms with Crippen molar-refractivity contribution >= 4 is 5.91 Å². The van der Waals surface area contributed by atoms with E-state index < -0.39 is 0 Å². The van der Waals surface area contributed by atoms with Crippen molar-refractivity contribution in [1.29, 1.82) is 0 Å². The van der Waals surface area contributed by atoms with Crippen molar-refractivity contribution in [2.75, 3.05) is 6.54 Å².